The molecule has 3 nitrogen and oxygen atoms in total. The maximum Gasteiger partial charge on any atom is 0.320 e. The van der Waals surface area contributed by atoms with Crippen LogP contribution in [0, 0.1) is 5.92 Å². The van der Waals surface area contributed by atoms with Crippen LogP contribution >= 0.6 is 0 Å². The number of carbonyl (C=O) groups is 1. The molecule has 9 heavy (non-hydrogen) atoms. The number of nitrogens with two attached hydrogens (primary N) is 1. The predicted molar refractivity (Wildman–Crippen MR) is 30.4 cm³/mol. The molecule has 4 heteroatoms. The zero-order chi connectivity index (χ0) is 6.73. The van der Waals surface area contributed by atoms with Gasteiger partial charge in [0.25, 0.3) is 0 Å². The Morgan fingerprint density at radius 1 is 1.56 bits per heavy atom. The van der Waals surface area contributed by atoms with Gasteiger partial charge in [0, 0.05) is 19.5 Å². The van der Waals surface area contributed by atoms with Crippen molar-refractivity contribution >= 4 is 5.97 Å². The van der Waals surface area contributed by atoms with E-state index in [1.807, 2.05) is 0 Å². The Bertz CT molecular complexity index is 95.0. The molecule has 0 unspecified atom stereocenters. The minimum absolute atomic E-state index is 0. The monoisotopic (exact) mass is 220 g/mol. The molecule has 0 amide bonds. The maximum atomic E-state index is 10.0. The number of carboxylic acids is 1. The fourth-order valence-corrected chi connectivity index (χ4v) is 0.285. The Hall–Kier alpha value is 0.0534. The number of hydrogen-bond acceptors (Lipinski definition) is 2. The fourth-order valence-electron chi connectivity index (χ4n) is 0.285. The molecule has 0 rings (SSSR count). The van der Waals surface area contributed by atoms with Crippen molar-refractivity contribution in [3.63, 3.8) is 0 Å². The first-order valence-electron chi connectivity index (χ1n) is 2.54. The van der Waals surface area contributed by atoms with Crippen LogP contribution in [0.3, 0.4) is 0 Å². The van der Waals surface area contributed by atoms with Crippen LogP contribution in [0.4, 0.5) is 0 Å². The molecule has 0 aliphatic carbocycles. The van der Waals surface area contributed by atoms with E-state index >= 15 is 0 Å². The van der Waals surface area contributed by atoms with Crippen LogP contribution in [0.1, 0.15) is 13.8 Å². The van der Waals surface area contributed by atoms with Crippen LogP contribution < -0.4 is 5.73 Å². The summed E-state index contributed by atoms with van der Waals surface area (Å²) in [4.78, 5) is 10.0. The molecular formula is C5H11NO2Rh. The van der Waals surface area contributed by atoms with Crippen molar-refractivity contribution in [3.8, 4) is 0 Å². The minimum Gasteiger partial charge on any atom is -0.480 e. The van der Waals surface area contributed by atoms with Crippen molar-refractivity contribution in [1.82, 2.24) is 0 Å². The Labute approximate surface area is 67.4 Å². The van der Waals surface area contributed by atoms with Gasteiger partial charge in [-0.15, -0.1) is 0 Å². The molecule has 0 aromatic heterocycles. The van der Waals surface area contributed by atoms with E-state index in [-0.39, 0.29) is 25.4 Å². The average molecular weight is 220 g/mol. The molecule has 0 spiro atoms. The molecule has 0 aromatic rings. The summed E-state index contributed by atoms with van der Waals surface area (Å²) < 4.78 is 0. The van der Waals surface area contributed by atoms with Crippen molar-refractivity contribution in [2.24, 2.45) is 11.7 Å². The zero-order valence-electron chi connectivity index (χ0n) is 5.42. The first-order valence-corrected chi connectivity index (χ1v) is 2.54. The van der Waals surface area contributed by atoms with E-state index in [1.54, 1.807) is 13.8 Å². The average Bonchev–Trinajstić information content (AvgIpc) is 1.64. The summed E-state index contributed by atoms with van der Waals surface area (Å²) in [6, 6.07) is -0.713. The van der Waals surface area contributed by atoms with Crippen molar-refractivity contribution in [2.75, 3.05) is 0 Å². The van der Waals surface area contributed by atoms with Gasteiger partial charge in [-0.25, -0.2) is 0 Å². The van der Waals surface area contributed by atoms with Gasteiger partial charge in [-0.1, -0.05) is 13.8 Å². The summed E-state index contributed by atoms with van der Waals surface area (Å²) in [7, 11) is 0. The van der Waals surface area contributed by atoms with Gasteiger partial charge in [0.15, 0.2) is 0 Å². The molecule has 1 radical (unpaired) electrons. The van der Waals surface area contributed by atoms with Crippen molar-refractivity contribution in [1.29, 1.82) is 0 Å². The molecule has 0 heterocycles. The summed E-state index contributed by atoms with van der Waals surface area (Å²) in [5.41, 5.74) is 5.16. The van der Waals surface area contributed by atoms with Gasteiger partial charge in [-0.3, -0.25) is 4.79 Å². The second-order valence-corrected chi connectivity index (χ2v) is 2.11. The van der Waals surface area contributed by atoms with Gasteiger partial charge in [0.1, 0.15) is 6.04 Å². The van der Waals surface area contributed by atoms with Crippen LogP contribution in [0.25, 0.3) is 0 Å². The van der Waals surface area contributed by atoms with E-state index in [9.17, 15) is 4.79 Å². The van der Waals surface area contributed by atoms with E-state index in [2.05, 4.69) is 0 Å². The summed E-state index contributed by atoms with van der Waals surface area (Å²) in [5, 5.41) is 8.23. The SMILES string of the molecule is CC(C)[C@H](N)C(=O)O.[Rh]. The van der Waals surface area contributed by atoms with Gasteiger partial charge >= 0.3 is 5.97 Å². The molecule has 0 aliphatic rings. The first-order chi connectivity index (χ1) is 3.55. The molecule has 0 aromatic carbocycles. The largest absolute Gasteiger partial charge is 0.480 e. The Balaban J connectivity index is 0. The predicted octanol–water partition coefficient (Wildman–Crippen LogP) is 0.0518. The van der Waals surface area contributed by atoms with Gasteiger partial charge in [0.05, 0.1) is 0 Å². The molecule has 3 N–H and O–H groups in total. The summed E-state index contributed by atoms with van der Waals surface area (Å²) >= 11 is 0. The van der Waals surface area contributed by atoms with Gasteiger partial charge in [-0.05, 0) is 5.92 Å². The van der Waals surface area contributed by atoms with E-state index < -0.39 is 12.0 Å². The van der Waals surface area contributed by atoms with Gasteiger partial charge in [0.2, 0.25) is 0 Å². The second kappa shape index (κ2) is 4.89. The number of hydrogen-bond donors (Lipinski definition) is 2. The number of aliphatic carboxylic acids is 1. The Morgan fingerprint density at radius 3 is 1.89 bits per heavy atom. The maximum absolute atomic E-state index is 10.0. The fraction of sp³-hybridized carbons (Fsp3) is 0.800. The van der Waals surface area contributed by atoms with E-state index in [0.717, 1.165) is 0 Å². The second-order valence-electron chi connectivity index (χ2n) is 2.11. The molecule has 57 valence electrons. The van der Waals surface area contributed by atoms with E-state index in [1.165, 1.54) is 0 Å². The number of carboxylic acid groups (broad SMARTS) is 1. The Morgan fingerprint density at radius 2 is 1.89 bits per heavy atom. The third-order valence-electron chi connectivity index (χ3n) is 1.00. The number of rotatable bonds is 2. The van der Waals surface area contributed by atoms with Gasteiger partial charge < -0.3 is 10.8 Å². The van der Waals surface area contributed by atoms with Gasteiger partial charge in [-0.2, -0.15) is 0 Å². The smallest absolute Gasteiger partial charge is 0.320 e. The van der Waals surface area contributed by atoms with E-state index in [4.69, 9.17) is 10.8 Å². The van der Waals surface area contributed by atoms with Crippen LogP contribution in [0.2, 0.25) is 0 Å². The zero-order valence-corrected chi connectivity index (χ0v) is 7.06. The van der Waals surface area contributed by atoms with Crippen molar-refractivity contribution < 1.29 is 29.4 Å². The normalized spacial score (nSPS) is 12.4. The molecule has 0 saturated carbocycles. The Kier molecular flexibility index (Phi) is 6.41. The topological polar surface area (TPSA) is 63.3 Å². The summed E-state index contributed by atoms with van der Waals surface area (Å²) in [6.45, 7) is 3.55. The minimum atomic E-state index is -0.931. The van der Waals surface area contributed by atoms with Crippen molar-refractivity contribution in [2.45, 2.75) is 19.9 Å². The quantitative estimate of drug-likeness (QED) is 0.646. The van der Waals surface area contributed by atoms with Crippen LogP contribution in [-0.2, 0) is 24.3 Å². The standard InChI is InChI=1S/C5H11NO2.Rh/c1-3(2)4(6)5(7)8;/h3-4H,6H2,1-2H3,(H,7,8);/t4-;/m0./s1. The summed E-state index contributed by atoms with van der Waals surface area (Å²) in [6.07, 6.45) is 0. The van der Waals surface area contributed by atoms with Crippen LogP contribution in [-0.4, -0.2) is 17.1 Å². The molecular weight excluding hydrogens is 209 g/mol. The third kappa shape index (κ3) is 4.55. The summed E-state index contributed by atoms with van der Waals surface area (Å²) in [5.74, 6) is -0.910. The third-order valence-corrected chi connectivity index (χ3v) is 1.00. The molecule has 0 fully saturated rings. The first kappa shape index (κ1) is 11.8. The molecule has 0 aliphatic heterocycles. The van der Waals surface area contributed by atoms with Crippen LogP contribution in [0.5, 0.6) is 0 Å². The molecule has 0 saturated heterocycles. The van der Waals surface area contributed by atoms with Crippen molar-refractivity contribution in [3.05, 3.63) is 0 Å². The molecule has 1 atom stereocenters. The van der Waals surface area contributed by atoms with E-state index in [0.29, 0.717) is 0 Å². The van der Waals surface area contributed by atoms with Crippen LogP contribution in [0.15, 0.2) is 0 Å². The molecule has 0 bridgehead atoms.